The van der Waals surface area contributed by atoms with Crippen molar-refractivity contribution >= 4 is 17.6 Å². The minimum Gasteiger partial charge on any atom is -0.462 e. The number of nitrogens with one attached hydrogen (secondary N) is 1. The lowest BCUT2D eigenvalue weighted by Crippen LogP contribution is -2.15. The molecule has 0 saturated heterocycles. The van der Waals surface area contributed by atoms with Crippen LogP contribution in [0.4, 0.5) is 5.69 Å². The number of anilines is 1. The van der Waals surface area contributed by atoms with E-state index >= 15 is 0 Å². The van der Waals surface area contributed by atoms with Crippen molar-refractivity contribution in [2.24, 2.45) is 0 Å². The maximum Gasteiger partial charge on any atom is 0.340 e. The number of ether oxygens (including phenoxy) is 1. The second-order valence-corrected chi connectivity index (χ2v) is 3.64. The number of benzene rings is 1. The van der Waals surface area contributed by atoms with E-state index in [0.717, 1.165) is 0 Å². The molecule has 5 heteroatoms. The molecule has 1 rings (SSSR count). The molecule has 1 amide bonds. The number of para-hydroxylation sites is 1. The van der Waals surface area contributed by atoms with Crippen LogP contribution in [-0.2, 0) is 9.53 Å². The molecule has 18 heavy (non-hydrogen) atoms. The highest BCUT2D eigenvalue weighted by Crippen LogP contribution is 2.16. The number of carbonyl (C=O) groups is 2. The molecule has 0 aliphatic heterocycles. The molecule has 5 nitrogen and oxygen atoms in total. The van der Waals surface area contributed by atoms with Gasteiger partial charge in [0.25, 0.3) is 0 Å². The Morgan fingerprint density at radius 2 is 2.06 bits per heavy atom. The van der Waals surface area contributed by atoms with Crippen LogP contribution in [0.3, 0.4) is 0 Å². The van der Waals surface area contributed by atoms with Gasteiger partial charge in [0.1, 0.15) is 0 Å². The molecule has 1 aromatic carbocycles. The molecule has 0 atom stereocenters. The number of rotatable bonds is 6. The highest BCUT2D eigenvalue weighted by Gasteiger charge is 2.13. The van der Waals surface area contributed by atoms with Gasteiger partial charge in [0, 0.05) is 13.0 Å². The Labute approximate surface area is 106 Å². The Morgan fingerprint density at radius 1 is 1.33 bits per heavy atom. The Bertz CT molecular complexity index is 417. The first-order valence-electron chi connectivity index (χ1n) is 5.86. The Kier molecular flexibility index (Phi) is 5.87. The van der Waals surface area contributed by atoms with Gasteiger partial charge in [-0.2, -0.15) is 0 Å². The van der Waals surface area contributed by atoms with Gasteiger partial charge in [-0.3, -0.25) is 4.79 Å². The minimum absolute atomic E-state index is 0.0348. The summed E-state index contributed by atoms with van der Waals surface area (Å²) >= 11 is 0. The Balaban J connectivity index is 2.76. The van der Waals surface area contributed by atoms with Crippen molar-refractivity contribution in [3.05, 3.63) is 29.8 Å². The van der Waals surface area contributed by atoms with Crippen LogP contribution >= 0.6 is 0 Å². The fourth-order valence-electron chi connectivity index (χ4n) is 1.43. The molecule has 0 radical (unpaired) electrons. The maximum absolute atomic E-state index is 11.6. The van der Waals surface area contributed by atoms with Crippen molar-refractivity contribution in [3.63, 3.8) is 0 Å². The number of aliphatic hydroxyl groups excluding tert-OH is 1. The lowest BCUT2D eigenvalue weighted by molar-refractivity contribution is -0.116. The first-order chi connectivity index (χ1) is 8.69. The average Bonchev–Trinajstić information content (AvgIpc) is 2.37. The monoisotopic (exact) mass is 251 g/mol. The summed E-state index contributed by atoms with van der Waals surface area (Å²) in [6.45, 7) is 1.97. The molecule has 0 fully saturated rings. The molecule has 0 unspecified atom stereocenters. The number of aliphatic hydroxyl groups is 1. The van der Waals surface area contributed by atoms with Gasteiger partial charge in [0.15, 0.2) is 0 Å². The average molecular weight is 251 g/mol. The highest BCUT2D eigenvalue weighted by atomic mass is 16.5. The molecule has 2 N–H and O–H groups in total. The van der Waals surface area contributed by atoms with E-state index in [9.17, 15) is 9.59 Å². The molecule has 98 valence electrons. The first-order valence-corrected chi connectivity index (χ1v) is 5.86. The molecular formula is C13H17NO4. The molecule has 0 bridgehead atoms. The standard InChI is InChI=1S/C13H17NO4/c1-2-18-13(17)10-6-3-4-7-11(10)14-12(16)8-5-9-15/h3-4,6-7,15H,2,5,8-9H2,1H3,(H,14,16). The summed E-state index contributed by atoms with van der Waals surface area (Å²) in [5, 5.41) is 11.3. The van der Waals surface area contributed by atoms with E-state index in [1.54, 1.807) is 31.2 Å². The third-order valence-electron chi connectivity index (χ3n) is 2.26. The van der Waals surface area contributed by atoms with Gasteiger partial charge < -0.3 is 15.2 Å². The molecule has 0 saturated carbocycles. The van der Waals surface area contributed by atoms with Crippen molar-refractivity contribution in [2.45, 2.75) is 19.8 Å². The molecule has 1 aromatic rings. The van der Waals surface area contributed by atoms with Crippen molar-refractivity contribution in [3.8, 4) is 0 Å². The molecule has 0 aliphatic rings. The summed E-state index contributed by atoms with van der Waals surface area (Å²) in [4.78, 5) is 23.2. The van der Waals surface area contributed by atoms with E-state index in [4.69, 9.17) is 9.84 Å². The van der Waals surface area contributed by atoms with Crippen LogP contribution < -0.4 is 5.32 Å². The SMILES string of the molecule is CCOC(=O)c1ccccc1NC(=O)CCCO. The lowest BCUT2D eigenvalue weighted by Gasteiger charge is -2.09. The third-order valence-corrected chi connectivity index (χ3v) is 2.26. The zero-order valence-corrected chi connectivity index (χ0v) is 10.3. The quantitative estimate of drug-likeness (QED) is 0.752. The summed E-state index contributed by atoms with van der Waals surface area (Å²) in [5.41, 5.74) is 0.760. The van der Waals surface area contributed by atoms with Crippen LogP contribution in [0, 0.1) is 0 Å². The van der Waals surface area contributed by atoms with E-state index in [1.165, 1.54) is 0 Å². The van der Waals surface area contributed by atoms with E-state index in [1.807, 2.05) is 0 Å². The van der Waals surface area contributed by atoms with Gasteiger partial charge in [0.05, 0.1) is 17.9 Å². The molecule has 0 heterocycles. The molecule has 0 aromatic heterocycles. The van der Waals surface area contributed by atoms with E-state index in [2.05, 4.69) is 5.32 Å². The van der Waals surface area contributed by atoms with Gasteiger partial charge in [-0.25, -0.2) is 4.79 Å². The highest BCUT2D eigenvalue weighted by molar-refractivity contribution is 6.01. The van der Waals surface area contributed by atoms with Crippen molar-refractivity contribution in [2.75, 3.05) is 18.5 Å². The number of amides is 1. The molecule has 0 spiro atoms. The van der Waals surface area contributed by atoms with Gasteiger partial charge in [-0.1, -0.05) is 12.1 Å². The second kappa shape index (κ2) is 7.45. The summed E-state index contributed by atoms with van der Waals surface area (Å²) in [6.07, 6.45) is 0.612. The zero-order valence-electron chi connectivity index (χ0n) is 10.3. The largest absolute Gasteiger partial charge is 0.462 e. The van der Waals surface area contributed by atoms with Crippen LogP contribution in [0.5, 0.6) is 0 Å². The molecule has 0 aliphatic carbocycles. The van der Waals surface area contributed by atoms with Gasteiger partial charge in [-0.15, -0.1) is 0 Å². The first kappa shape index (κ1) is 14.2. The number of carbonyl (C=O) groups excluding carboxylic acids is 2. The van der Waals surface area contributed by atoms with Crippen LogP contribution in [0.25, 0.3) is 0 Å². The van der Waals surface area contributed by atoms with Gasteiger partial charge in [-0.05, 0) is 25.5 Å². The van der Waals surface area contributed by atoms with Crippen molar-refractivity contribution in [1.82, 2.24) is 0 Å². The van der Waals surface area contributed by atoms with Gasteiger partial charge in [0.2, 0.25) is 5.91 Å². The van der Waals surface area contributed by atoms with E-state index < -0.39 is 5.97 Å². The number of hydrogen-bond donors (Lipinski definition) is 2. The molecular weight excluding hydrogens is 234 g/mol. The topological polar surface area (TPSA) is 75.6 Å². The predicted molar refractivity (Wildman–Crippen MR) is 67.3 cm³/mol. The van der Waals surface area contributed by atoms with Crippen LogP contribution in [0.2, 0.25) is 0 Å². The summed E-state index contributed by atoms with van der Waals surface area (Å²) in [7, 11) is 0. The van der Waals surface area contributed by atoms with E-state index in [-0.39, 0.29) is 25.5 Å². The minimum atomic E-state index is -0.462. The van der Waals surface area contributed by atoms with E-state index in [0.29, 0.717) is 17.7 Å². The van der Waals surface area contributed by atoms with Crippen LogP contribution in [0.15, 0.2) is 24.3 Å². The predicted octanol–water partition coefficient (Wildman–Crippen LogP) is 1.57. The Hall–Kier alpha value is -1.88. The number of esters is 1. The summed E-state index contributed by atoms with van der Waals surface area (Å²) in [5.74, 6) is -0.698. The van der Waals surface area contributed by atoms with Crippen molar-refractivity contribution in [1.29, 1.82) is 0 Å². The maximum atomic E-state index is 11.6. The Morgan fingerprint density at radius 3 is 2.72 bits per heavy atom. The number of hydrogen-bond acceptors (Lipinski definition) is 4. The van der Waals surface area contributed by atoms with Crippen LogP contribution in [0.1, 0.15) is 30.1 Å². The van der Waals surface area contributed by atoms with Gasteiger partial charge >= 0.3 is 5.97 Å². The van der Waals surface area contributed by atoms with Crippen molar-refractivity contribution < 1.29 is 19.4 Å². The summed E-state index contributed by atoms with van der Waals surface area (Å²) in [6, 6.07) is 6.67. The summed E-state index contributed by atoms with van der Waals surface area (Å²) < 4.78 is 4.90. The lowest BCUT2D eigenvalue weighted by atomic mass is 10.1. The second-order valence-electron chi connectivity index (χ2n) is 3.64. The smallest absolute Gasteiger partial charge is 0.340 e. The third kappa shape index (κ3) is 4.18. The fraction of sp³-hybridized carbons (Fsp3) is 0.385. The zero-order chi connectivity index (χ0) is 13.4. The fourth-order valence-corrected chi connectivity index (χ4v) is 1.43. The normalized spacial score (nSPS) is 9.89. The van der Waals surface area contributed by atoms with Crippen LogP contribution in [-0.4, -0.2) is 30.2 Å².